The third-order valence-electron chi connectivity index (χ3n) is 2.44. The van der Waals surface area contributed by atoms with E-state index in [0.29, 0.717) is 4.67 Å². The molecule has 0 aliphatic carbocycles. The van der Waals surface area contributed by atoms with E-state index in [1.165, 1.54) is 6.20 Å². The molecule has 0 spiro atoms. The zero-order valence-corrected chi connectivity index (χ0v) is 11.9. The molecule has 2 aromatic heterocycles. The van der Waals surface area contributed by atoms with Gasteiger partial charge in [-0.3, -0.25) is 4.79 Å². The van der Waals surface area contributed by atoms with Crippen LogP contribution in [0.3, 0.4) is 0 Å². The van der Waals surface area contributed by atoms with Crippen LogP contribution in [0.25, 0.3) is 0 Å². The Kier molecular flexibility index (Phi) is 4.43. The van der Waals surface area contributed by atoms with Gasteiger partial charge in [-0.25, -0.2) is 18.7 Å². The number of carbonyl (C=O) groups is 1. The van der Waals surface area contributed by atoms with Gasteiger partial charge in [0.25, 0.3) is 12.3 Å². The number of amides is 1. The predicted molar refractivity (Wildman–Crippen MR) is 69.3 cm³/mol. The van der Waals surface area contributed by atoms with Gasteiger partial charge in [-0.05, 0) is 35.0 Å². The molecule has 2 heterocycles. The van der Waals surface area contributed by atoms with E-state index in [0.717, 1.165) is 11.6 Å². The molecule has 106 valence electrons. The number of furan rings is 1. The first-order valence-electron chi connectivity index (χ1n) is 5.61. The normalized spacial score (nSPS) is 10.8. The van der Waals surface area contributed by atoms with Crippen molar-refractivity contribution in [3.63, 3.8) is 0 Å². The minimum absolute atomic E-state index is 0.0588. The summed E-state index contributed by atoms with van der Waals surface area (Å²) in [6.45, 7) is 1.72. The number of alkyl halides is 2. The van der Waals surface area contributed by atoms with Crippen molar-refractivity contribution in [2.24, 2.45) is 0 Å². The summed E-state index contributed by atoms with van der Waals surface area (Å²) in [4.78, 5) is 19.2. The molecule has 0 bridgehead atoms. The van der Waals surface area contributed by atoms with Gasteiger partial charge in [0.05, 0.1) is 6.54 Å². The van der Waals surface area contributed by atoms with Crippen LogP contribution in [0.15, 0.2) is 27.4 Å². The summed E-state index contributed by atoms with van der Waals surface area (Å²) in [6.07, 6.45) is -1.44. The monoisotopic (exact) mass is 345 g/mol. The Balaban J connectivity index is 2.01. The molecule has 0 aromatic carbocycles. The van der Waals surface area contributed by atoms with Crippen LogP contribution in [0.1, 0.15) is 34.1 Å². The van der Waals surface area contributed by atoms with Gasteiger partial charge >= 0.3 is 0 Å². The average molecular weight is 346 g/mol. The summed E-state index contributed by atoms with van der Waals surface area (Å²) < 4.78 is 30.6. The lowest BCUT2D eigenvalue weighted by Crippen LogP contribution is -2.23. The van der Waals surface area contributed by atoms with Crippen molar-refractivity contribution in [2.45, 2.75) is 19.9 Å². The summed E-state index contributed by atoms with van der Waals surface area (Å²) in [5, 5.41) is 2.50. The van der Waals surface area contributed by atoms with Gasteiger partial charge < -0.3 is 9.73 Å². The zero-order chi connectivity index (χ0) is 14.7. The van der Waals surface area contributed by atoms with Crippen LogP contribution in [0.2, 0.25) is 0 Å². The Morgan fingerprint density at radius 3 is 2.90 bits per heavy atom. The highest BCUT2D eigenvalue weighted by atomic mass is 79.9. The maximum Gasteiger partial charge on any atom is 0.287 e. The Labute approximate surface area is 121 Å². The van der Waals surface area contributed by atoms with Gasteiger partial charge in [0.2, 0.25) is 0 Å². The number of hydrogen-bond acceptors (Lipinski definition) is 4. The molecule has 0 radical (unpaired) electrons. The number of nitrogens with zero attached hydrogens (tertiary/aromatic N) is 2. The quantitative estimate of drug-likeness (QED) is 0.924. The van der Waals surface area contributed by atoms with Crippen LogP contribution in [-0.2, 0) is 6.54 Å². The lowest BCUT2D eigenvalue weighted by molar-refractivity contribution is 0.0920. The molecule has 0 fully saturated rings. The fourth-order valence-corrected chi connectivity index (χ4v) is 1.73. The summed E-state index contributed by atoms with van der Waals surface area (Å²) >= 11 is 3.15. The highest BCUT2D eigenvalue weighted by Crippen LogP contribution is 2.20. The van der Waals surface area contributed by atoms with Crippen LogP contribution < -0.4 is 5.32 Å². The van der Waals surface area contributed by atoms with Crippen molar-refractivity contribution < 1.29 is 18.0 Å². The van der Waals surface area contributed by atoms with Gasteiger partial charge in [0.1, 0.15) is 11.5 Å². The summed E-state index contributed by atoms with van der Waals surface area (Å²) in [7, 11) is 0. The third kappa shape index (κ3) is 3.38. The minimum Gasteiger partial charge on any atom is -0.444 e. The molecule has 20 heavy (non-hydrogen) atoms. The Bertz CT molecular complexity index is 611. The van der Waals surface area contributed by atoms with Crippen molar-refractivity contribution >= 4 is 21.8 Å². The van der Waals surface area contributed by atoms with E-state index in [1.807, 2.05) is 0 Å². The number of rotatable bonds is 4. The van der Waals surface area contributed by atoms with Gasteiger partial charge in [-0.2, -0.15) is 0 Å². The number of aromatic nitrogens is 2. The molecular formula is C12H10BrF2N3O2. The van der Waals surface area contributed by atoms with Crippen molar-refractivity contribution in [2.75, 3.05) is 0 Å². The second kappa shape index (κ2) is 6.08. The molecule has 8 heteroatoms. The van der Waals surface area contributed by atoms with E-state index >= 15 is 0 Å². The lowest BCUT2D eigenvalue weighted by atomic mass is 10.3. The molecule has 2 aromatic rings. The predicted octanol–water partition coefficient (Wildman–Crippen LogP) is 3.01. The van der Waals surface area contributed by atoms with E-state index in [4.69, 9.17) is 4.42 Å². The Morgan fingerprint density at radius 2 is 2.30 bits per heavy atom. The van der Waals surface area contributed by atoms with Crippen molar-refractivity contribution in [3.8, 4) is 0 Å². The number of nitrogens with one attached hydrogen (secondary N) is 1. The van der Waals surface area contributed by atoms with Gasteiger partial charge in [0.15, 0.2) is 10.4 Å². The molecule has 5 nitrogen and oxygen atoms in total. The van der Waals surface area contributed by atoms with Crippen LogP contribution >= 0.6 is 15.9 Å². The minimum atomic E-state index is -2.67. The van der Waals surface area contributed by atoms with Gasteiger partial charge in [0, 0.05) is 11.8 Å². The Morgan fingerprint density at radius 1 is 1.55 bits per heavy atom. The van der Waals surface area contributed by atoms with E-state index in [2.05, 4.69) is 31.2 Å². The van der Waals surface area contributed by atoms with Crippen molar-refractivity contribution in [1.29, 1.82) is 0 Å². The van der Waals surface area contributed by atoms with Gasteiger partial charge in [-0.1, -0.05) is 0 Å². The summed E-state index contributed by atoms with van der Waals surface area (Å²) in [5.74, 6) is -0.234. The van der Waals surface area contributed by atoms with Crippen LogP contribution in [0, 0.1) is 6.92 Å². The SMILES string of the molecule is Cc1cc(C(=O)NCc2nccc(C(F)F)n2)oc1Br. The van der Waals surface area contributed by atoms with Crippen LogP contribution in [0.5, 0.6) is 0 Å². The van der Waals surface area contributed by atoms with Crippen molar-refractivity contribution in [3.05, 3.63) is 45.8 Å². The standard InChI is InChI=1S/C12H10BrF2N3O2/c1-6-4-8(20-10(6)13)12(19)17-5-9-16-3-2-7(18-9)11(14)15/h2-4,11H,5H2,1H3,(H,17,19). The maximum atomic E-state index is 12.5. The second-order valence-electron chi connectivity index (χ2n) is 3.95. The number of carbonyl (C=O) groups excluding carboxylic acids is 1. The van der Waals surface area contributed by atoms with Crippen LogP contribution in [-0.4, -0.2) is 15.9 Å². The highest BCUT2D eigenvalue weighted by Gasteiger charge is 2.14. The van der Waals surface area contributed by atoms with Gasteiger partial charge in [-0.15, -0.1) is 0 Å². The number of aryl methyl sites for hydroxylation is 1. The van der Waals surface area contributed by atoms with E-state index < -0.39 is 12.3 Å². The first-order valence-corrected chi connectivity index (χ1v) is 6.40. The van der Waals surface area contributed by atoms with E-state index in [-0.39, 0.29) is 23.8 Å². The summed E-state index contributed by atoms with van der Waals surface area (Å²) in [6, 6.07) is 2.69. The molecule has 0 aliphatic heterocycles. The fraction of sp³-hybridized carbons (Fsp3) is 0.250. The largest absolute Gasteiger partial charge is 0.444 e. The second-order valence-corrected chi connectivity index (χ2v) is 4.67. The van der Waals surface area contributed by atoms with Crippen molar-refractivity contribution in [1.82, 2.24) is 15.3 Å². The molecule has 1 N–H and O–H groups in total. The molecule has 2 rings (SSSR count). The molecule has 0 unspecified atom stereocenters. The smallest absolute Gasteiger partial charge is 0.287 e. The fourth-order valence-electron chi connectivity index (χ4n) is 1.44. The molecule has 0 aliphatic rings. The first-order chi connectivity index (χ1) is 9.47. The van der Waals surface area contributed by atoms with Crippen LogP contribution in [0.4, 0.5) is 8.78 Å². The lowest BCUT2D eigenvalue weighted by Gasteiger charge is -2.04. The topological polar surface area (TPSA) is 68.0 Å². The van der Waals surface area contributed by atoms with E-state index in [9.17, 15) is 13.6 Å². The number of halogens is 3. The zero-order valence-electron chi connectivity index (χ0n) is 10.4. The maximum absolute atomic E-state index is 12.5. The van der Waals surface area contributed by atoms with E-state index in [1.54, 1.807) is 13.0 Å². The molecule has 0 saturated carbocycles. The molecule has 0 atom stereocenters. The average Bonchev–Trinajstić information content (AvgIpc) is 2.76. The molecule has 0 saturated heterocycles. The Hall–Kier alpha value is -1.83. The first kappa shape index (κ1) is 14.6. The molecule has 1 amide bonds. The third-order valence-corrected chi connectivity index (χ3v) is 3.23. The highest BCUT2D eigenvalue weighted by molar-refractivity contribution is 9.10. The molecular weight excluding hydrogens is 336 g/mol. The summed E-state index contributed by atoms with van der Waals surface area (Å²) in [5.41, 5.74) is 0.409. The number of hydrogen-bond donors (Lipinski definition) is 1.